The van der Waals surface area contributed by atoms with Crippen LogP contribution >= 0.6 is 0 Å². The van der Waals surface area contributed by atoms with Crippen LogP contribution in [0.2, 0.25) is 0 Å². The van der Waals surface area contributed by atoms with Crippen molar-refractivity contribution < 1.29 is 9.53 Å². The van der Waals surface area contributed by atoms with Crippen LogP contribution in [0.4, 0.5) is 0 Å². The molecule has 0 spiro atoms. The molecule has 0 aromatic heterocycles. The summed E-state index contributed by atoms with van der Waals surface area (Å²) >= 11 is 0. The molecule has 0 fully saturated rings. The van der Waals surface area contributed by atoms with E-state index in [1.54, 1.807) is 0 Å². The monoisotopic (exact) mass is 282 g/mol. The number of hydrogen-bond acceptors (Lipinski definition) is 2. The van der Waals surface area contributed by atoms with Gasteiger partial charge < -0.3 is 4.74 Å². The molecular weight excluding hydrogens is 260 g/mol. The second kappa shape index (κ2) is 7.19. The Morgan fingerprint density at radius 3 is 2.43 bits per heavy atom. The molecule has 0 aliphatic rings. The van der Waals surface area contributed by atoms with Gasteiger partial charge in [0.2, 0.25) is 0 Å². The van der Waals surface area contributed by atoms with Crippen molar-refractivity contribution in [3.63, 3.8) is 0 Å². The SMILES string of the molecule is Cc1ccc(C(=O)C(C)OCCc2ccccc2)cc1C. The Morgan fingerprint density at radius 2 is 1.76 bits per heavy atom. The first-order valence-corrected chi connectivity index (χ1v) is 7.35. The van der Waals surface area contributed by atoms with Crippen molar-refractivity contribution in [1.82, 2.24) is 0 Å². The molecule has 1 unspecified atom stereocenters. The van der Waals surface area contributed by atoms with Gasteiger partial charge in [-0.3, -0.25) is 4.79 Å². The maximum absolute atomic E-state index is 12.3. The third kappa shape index (κ3) is 4.27. The summed E-state index contributed by atoms with van der Waals surface area (Å²) in [6, 6.07) is 16.0. The third-order valence-electron chi connectivity index (χ3n) is 3.76. The van der Waals surface area contributed by atoms with E-state index >= 15 is 0 Å². The van der Waals surface area contributed by atoms with E-state index in [0.717, 1.165) is 17.5 Å². The van der Waals surface area contributed by atoms with E-state index in [9.17, 15) is 4.79 Å². The second-order valence-corrected chi connectivity index (χ2v) is 5.41. The van der Waals surface area contributed by atoms with Crippen molar-refractivity contribution in [3.8, 4) is 0 Å². The lowest BCUT2D eigenvalue weighted by molar-refractivity contribution is 0.0487. The molecule has 2 heteroatoms. The van der Waals surface area contributed by atoms with E-state index in [-0.39, 0.29) is 5.78 Å². The first kappa shape index (κ1) is 15.5. The molecule has 0 saturated heterocycles. The molecule has 0 N–H and O–H groups in total. The number of carbonyl (C=O) groups excluding carboxylic acids is 1. The van der Waals surface area contributed by atoms with Gasteiger partial charge >= 0.3 is 0 Å². The molecule has 110 valence electrons. The molecule has 21 heavy (non-hydrogen) atoms. The van der Waals surface area contributed by atoms with E-state index in [1.807, 2.05) is 57.2 Å². The lowest BCUT2D eigenvalue weighted by Crippen LogP contribution is -2.22. The fraction of sp³-hybridized carbons (Fsp3) is 0.316. The van der Waals surface area contributed by atoms with Gasteiger partial charge in [0.15, 0.2) is 5.78 Å². The predicted molar refractivity (Wildman–Crippen MR) is 85.8 cm³/mol. The zero-order valence-electron chi connectivity index (χ0n) is 12.9. The van der Waals surface area contributed by atoms with Gasteiger partial charge in [0.25, 0.3) is 0 Å². The van der Waals surface area contributed by atoms with E-state index in [2.05, 4.69) is 12.1 Å². The standard InChI is InChI=1S/C19H22O2/c1-14-9-10-18(13-15(14)2)19(20)16(3)21-12-11-17-7-5-4-6-8-17/h4-10,13,16H,11-12H2,1-3H3. The number of ether oxygens (including phenoxy) is 1. The molecule has 0 heterocycles. The number of aryl methyl sites for hydroxylation is 2. The summed E-state index contributed by atoms with van der Waals surface area (Å²) in [5.74, 6) is 0.0474. The van der Waals surface area contributed by atoms with Gasteiger partial charge in [-0.2, -0.15) is 0 Å². The third-order valence-corrected chi connectivity index (χ3v) is 3.76. The molecule has 0 radical (unpaired) electrons. The molecule has 1 atom stereocenters. The second-order valence-electron chi connectivity index (χ2n) is 5.41. The molecule has 2 aromatic carbocycles. The van der Waals surface area contributed by atoms with Crippen LogP contribution in [0.3, 0.4) is 0 Å². The van der Waals surface area contributed by atoms with Gasteiger partial charge in [-0.15, -0.1) is 0 Å². The molecule has 2 nitrogen and oxygen atoms in total. The molecule has 0 aliphatic heterocycles. The number of hydrogen-bond donors (Lipinski definition) is 0. The van der Waals surface area contributed by atoms with Crippen molar-refractivity contribution in [2.24, 2.45) is 0 Å². The minimum absolute atomic E-state index is 0.0474. The number of Topliss-reactive ketones (excluding diaryl/α,β-unsaturated/α-hetero) is 1. The van der Waals surface area contributed by atoms with Crippen molar-refractivity contribution in [3.05, 3.63) is 70.8 Å². The first-order chi connectivity index (χ1) is 10.1. The quantitative estimate of drug-likeness (QED) is 0.744. The highest BCUT2D eigenvalue weighted by Crippen LogP contribution is 2.13. The molecule has 0 bridgehead atoms. The van der Waals surface area contributed by atoms with Crippen LogP contribution in [0.5, 0.6) is 0 Å². The average molecular weight is 282 g/mol. The highest BCUT2D eigenvalue weighted by atomic mass is 16.5. The summed E-state index contributed by atoms with van der Waals surface area (Å²) in [4.78, 5) is 12.3. The van der Waals surface area contributed by atoms with E-state index in [4.69, 9.17) is 4.74 Å². The number of ketones is 1. The molecule has 0 amide bonds. The highest BCUT2D eigenvalue weighted by Gasteiger charge is 2.16. The maximum Gasteiger partial charge on any atom is 0.191 e. The lowest BCUT2D eigenvalue weighted by Gasteiger charge is -2.13. The molecule has 2 rings (SSSR count). The van der Waals surface area contributed by atoms with E-state index < -0.39 is 6.10 Å². The zero-order valence-corrected chi connectivity index (χ0v) is 12.9. The summed E-state index contributed by atoms with van der Waals surface area (Å²) in [6.07, 6.45) is 0.418. The topological polar surface area (TPSA) is 26.3 Å². The smallest absolute Gasteiger partial charge is 0.191 e. The van der Waals surface area contributed by atoms with E-state index in [0.29, 0.717) is 6.61 Å². The summed E-state index contributed by atoms with van der Waals surface area (Å²) in [7, 11) is 0. The van der Waals surface area contributed by atoms with Crippen molar-refractivity contribution >= 4 is 5.78 Å². The highest BCUT2D eigenvalue weighted by molar-refractivity contribution is 5.99. The zero-order chi connectivity index (χ0) is 15.2. The predicted octanol–water partition coefficient (Wildman–Crippen LogP) is 4.13. The van der Waals surface area contributed by atoms with Crippen LogP contribution < -0.4 is 0 Å². The molecular formula is C19H22O2. The summed E-state index contributed by atoms with van der Waals surface area (Å²) in [5, 5.41) is 0. The Morgan fingerprint density at radius 1 is 1.05 bits per heavy atom. The fourth-order valence-electron chi connectivity index (χ4n) is 2.20. The number of benzene rings is 2. The van der Waals surface area contributed by atoms with Crippen molar-refractivity contribution in [2.75, 3.05) is 6.61 Å². The minimum Gasteiger partial charge on any atom is -0.370 e. The average Bonchev–Trinajstić information content (AvgIpc) is 2.50. The molecule has 0 aliphatic carbocycles. The van der Waals surface area contributed by atoms with Crippen LogP contribution in [-0.4, -0.2) is 18.5 Å². The van der Waals surface area contributed by atoms with Gasteiger partial charge in [-0.25, -0.2) is 0 Å². The van der Waals surface area contributed by atoms with Crippen LogP contribution in [0, 0.1) is 13.8 Å². The minimum atomic E-state index is -0.407. The summed E-state index contributed by atoms with van der Waals surface area (Å²) in [6.45, 7) is 6.45. The largest absolute Gasteiger partial charge is 0.370 e. The summed E-state index contributed by atoms with van der Waals surface area (Å²) in [5.41, 5.74) is 4.29. The van der Waals surface area contributed by atoms with Crippen LogP contribution in [0.25, 0.3) is 0 Å². The lowest BCUT2D eigenvalue weighted by atomic mass is 10.0. The molecule has 2 aromatic rings. The molecule has 0 saturated carbocycles. The number of rotatable bonds is 6. The normalized spacial score (nSPS) is 12.1. The van der Waals surface area contributed by atoms with Crippen LogP contribution in [0.15, 0.2) is 48.5 Å². The van der Waals surface area contributed by atoms with Gasteiger partial charge in [-0.1, -0.05) is 42.5 Å². The maximum atomic E-state index is 12.3. The Bertz CT molecular complexity index is 602. The van der Waals surface area contributed by atoms with Gasteiger partial charge in [-0.05, 0) is 49.9 Å². The Labute approximate surface area is 126 Å². The first-order valence-electron chi connectivity index (χ1n) is 7.35. The Hall–Kier alpha value is -1.93. The van der Waals surface area contributed by atoms with Crippen LogP contribution in [-0.2, 0) is 11.2 Å². The summed E-state index contributed by atoms with van der Waals surface area (Å²) < 4.78 is 5.68. The fourth-order valence-corrected chi connectivity index (χ4v) is 2.20. The van der Waals surface area contributed by atoms with Gasteiger partial charge in [0, 0.05) is 5.56 Å². The van der Waals surface area contributed by atoms with Crippen LogP contribution in [0.1, 0.15) is 34.0 Å². The van der Waals surface area contributed by atoms with Crippen molar-refractivity contribution in [2.45, 2.75) is 33.3 Å². The Kier molecular flexibility index (Phi) is 5.29. The number of carbonyl (C=O) groups is 1. The van der Waals surface area contributed by atoms with Crippen molar-refractivity contribution in [1.29, 1.82) is 0 Å². The van der Waals surface area contributed by atoms with E-state index in [1.165, 1.54) is 11.1 Å². The van der Waals surface area contributed by atoms with Gasteiger partial charge in [0.05, 0.1) is 6.61 Å². The Balaban J connectivity index is 1.89. The van der Waals surface area contributed by atoms with Gasteiger partial charge in [0.1, 0.15) is 6.10 Å².